The molecule has 1 aromatic carbocycles. The van der Waals surface area contributed by atoms with Gasteiger partial charge in [0.2, 0.25) is 0 Å². The van der Waals surface area contributed by atoms with E-state index in [0.717, 1.165) is 0 Å². The number of rotatable bonds is 4. The van der Waals surface area contributed by atoms with Crippen LogP contribution in [0.3, 0.4) is 0 Å². The summed E-state index contributed by atoms with van der Waals surface area (Å²) in [6.45, 7) is 2.21. The van der Waals surface area contributed by atoms with Gasteiger partial charge in [-0.05, 0) is 0 Å². The number of benzene rings is 1. The van der Waals surface area contributed by atoms with E-state index < -0.39 is 0 Å². The first-order valence-corrected chi connectivity index (χ1v) is 7.47. The topological polar surface area (TPSA) is 0 Å². The Morgan fingerprint density at radius 1 is 1.29 bits per heavy atom. The van der Waals surface area contributed by atoms with Crippen molar-refractivity contribution in [3.8, 4) is 10.1 Å². The van der Waals surface area contributed by atoms with Gasteiger partial charge >= 0.3 is 97.1 Å². The van der Waals surface area contributed by atoms with E-state index in [-0.39, 0.29) is 0 Å². The summed E-state index contributed by atoms with van der Waals surface area (Å²) in [6, 6.07) is 10.5. The van der Waals surface area contributed by atoms with Crippen LogP contribution in [0.5, 0.6) is 0 Å². The van der Waals surface area contributed by atoms with Gasteiger partial charge in [-0.1, -0.05) is 0 Å². The van der Waals surface area contributed by atoms with Crippen LogP contribution in [0.25, 0.3) is 0 Å². The van der Waals surface area contributed by atoms with Crippen molar-refractivity contribution in [1.82, 2.24) is 0 Å². The molecule has 1 rings (SSSR count). The van der Waals surface area contributed by atoms with Crippen molar-refractivity contribution in [2.75, 3.05) is 5.75 Å². The Morgan fingerprint density at radius 3 is 2.79 bits per heavy atom. The van der Waals surface area contributed by atoms with Crippen LogP contribution in [0.15, 0.2) is 30.3 Å². The Balaban J connectivity index is 2.20. The zero-order chi connectivity index (χ0) is 10.1. The first-order valence-electron chi connectivity index (χ1n) is 4.77. The van der Waals surface area contributed by atoms with E-state index in [1.807, 2.05) is 6.07 Å². The fourth-order valence-corrected chi connectivity index (χ4v) is 3.00. The van der Waals surface area contributed by atoms with Crippen molar-refractivity contribution < 1.29 is 0 Å². The first-order chi connectivity index (χ1) is 6.93. The van der Waals surface area contributed by atoms with Gasteiger partial charge < -0.3 is 0 Å². The number of unbranched alkanes of at least 4 members (excludes halogenated alkanes) is 1. The number of hydrogen-bond acceptors (Lipinski definition) is 1. The van der Waals surface area contributed by atoms with Crippen molar-refractivity contribution in [2.45, 2.75) is 19.8 Å². The number of hydrogen-bond donors (Lipinski definition) is 0. The molecule has 0 nitrogen and oxygen atoms in total. The second-order valence-corrected chi connectivity index (χ2v) is 5.57. The molecule has 0 saturated heterocycles. The van der Waals surface area contributed by atoms with Gasteiger partial charge in [0.05, 0.1) is 0 Å². The third kappa shape index (κ3) is 5.39. The van der Waals surface area contributed by atoms with Crippen LogP contribution < -0.4 is 4.46 Å². The molecule has 0 aliphatic heterocycles. The van der Waals surface area contributed by atoms with Gasteiger partial charge in [-0.3, -0.25) is 0 Å². The maximum absolute atomic E-state index is 3.24. The van der Waals surface area contributed by atoms with Gasteiger partial charge in [0.25, 0.3) is 0 Å². The average molecular weight is 269 g/mol. The van der Waals surface area contributed by atoms with E-state index in [0.29, 0.717) is 15.0 Å². The molecule has 0 aromatic heterocycles. The van der Waals surface area contributed by atoms with E-state index >= 15 is 0 Å². The molecule has 0 heterocycles. The monoisotopic (exact) mass is 270 g/mol. The van der Waals surface area contributed by atoms with Crippen LogP contribution >= 0.6 is 11.8 Å². The minimum absolute atomic E-state index is 0.334. The van der Waals surface area contributed by atoms with Gasteiger partial charge in [-0.15, -0.1) is 0 Å². The molecule has 1 aromatic rings. The summed E-state index contributed by atoms with van der Waals surface area (Å²) in [6.07, 6.45) is 2.54. The predicted molar refractivity (Wildman–Crippen MR) is 67.0 cm³/mol. The molecular weight excluding hydrogens is 255 g/mol. The molecule has 74 valence electrons. The van der Waals surface area contributed by atoms with Gasteiger partial charge in [0.15, 0.2) is 0 Å². The number of thioether (sulfide) groups is 1. The summed E-state index contributed by atoms with van der Waals surface area (Å²) in [4.78, 5) is 3.24. The zero-order valence-corrected chi connectivity index (χ0v) is 10.9. The molecule has 0 fully saturated rings. The van der Waals surface area contributed by atoms with Gasteiger partial charge in [-0.2, -0.15) is 0 Å². The van der Waals surface area contributed by atoms with E-state index in [1.165, 1.54) is 23.1 Å². The molecule has 0 unspecified atom stereocenters. The Kier molecular flexibility index (Phi) is 6.70. The fraction of sp³-hybridized carbons (Fsp3) is 0.333. The van der Waals surface area contributed by atoms with Crippen molar-refractivity contribution >= 4 is 31.2 Å². The standard InChI is InChI=1S/C12H14SSe/c1-2-3-9-13-10-11-14-12-7-5-4-6-8-12/h4-8H,2-3,9H2,1H3. The molecule has 0 atom stereocenters. The third-order valence-corrected chi connectivity index (χ3v) is 4.15. The Hall–Kier alpha value is -0.351. The molecule has 0 aliphatic carbocycles. The Bertz CT molecular complexity index is 297. The summed E-state index contributed by atoms with van der Waals surface area (Å²) in [5.41, 5.74) is 0. The average Bonchev–Trinajstić information content (AvgIpc) is 2.25. The second-order valence-electron chi connectivity index (χ2n) is 2.82. The zero-order valence-electron chi connectivity index (χ0n) is 8.32. The van der Waals surface area contributed by atoms with Crippen molar-refractivity contribution in [3.05, 3.63) is 30.3 Å². The van der Waals surface area contributed by atoms with Crippen molar-refractivity contribution in [3.63, 3.8) is 0 Å². The van der Waals surface area contributed by atoms with Gasteiger partial charge in [-0.25, -0.2) is 0 Å². The molecule has 0 radical (unpaired) electrons. The second kappa shape index (κ2) is 8.00. The fourth-order valence-electron chi connectivity index (χ4n) is 0.865. The quantitative estimate of drug-likeness (QED) is 0.460. The van der Waals surface area contributed by atoms with Crippen molar-refractivity contribution in [2.24, 2.45) is 0 Å². The molecule has 2 heteroatoms. The molecule has 0 spiro atoms. The van der Waals surface area contributed by atoms with E-state index in [4.69, 9.17) is 0 Å². The maximum atomic E-state index is 3.24. The molecular formula is C12H14SSe. The van der Waals surface area contributed by atoms with Gasteiger partial charge in [0, 0.05) is 0 Å². The summed E-state index contributed by atoms with van der Waals surface area (Å²) in [5, 5.41) is 3.16. The minimum atomic E-state index is 0.334. The summed E-state index contributed by atoms with van der Waals surface area (Å²) in [7, 11) is 0. The molecule has 14 heavy (non-hydrogen) atoms. The van der Waals surface area contributed by atoms with Crippen LogP contribution in [0.1, 0.15) is 19.8 Å². The summed E-state index contributed by atoms with van der Waals surface area (Å²) >= 11 is 2.09. The van der Waals surface area contributed by atoms with Crippen LogP contribution in [0.2, 0.25) is 0 Å². The first kappa shape index (κ1) is 11.7. The summed E-state index contributed by atoms with van der Waals surface area (Å²) < 4.78 is 1.36. The predicted octanol–water partition coefficient (Wildman–Crippen LogP) is 2.47. The van der Waals surface area contributed by atoms with E-state index in [2.05, 4.69) is 41.3 Å². The van der Waals surface area contributed by atoms with E-state index in [1.54, 1.807) is 11.8 Å². The third-order valence-electron chi connectivity index (χ3n) is 1.63. The van der Waals surface area contributed by atoms with Crippen molar-refractivity contribution in [1.29, 1.82) is 0 Å². The summed E-state index contributed by atoms with van der Waals surface area (Å²) in [5.74, 6) is 1.17. The SMILES string of the molecule is CCCCSC#C[Se]c1ccccc1. The molecule has 0 aliphatic rings. The molecule has 0 amide bonds. The van der Waals surface area contributed by atoms with Crippen LogP contribution in [-0.2, 0) is 0 Å². The molecule has 0 saturated carbocycles. The Morgan fingerprint density at radius 2 is 2.07 bits per heavy atom. The van der Waals surface area contributed by atoms with E-state index in [9.17, 15) is 0 Å². The normalized spacial score (nSPS) is 9.21. The van der Waals surface area contributed by atoms with Crippen LogP contribution in [0, 0.1) is 10.1 Å². The van der Waals surface area contributed by atoms with Gasteiger partial charge in [0.1, 0.15) is 0 Å². The molecule has 0 N–H and O–H groups in total. The molecule has 0 bridgehead atoms. The van der Waals surface area contributed by atoms with Crippen LogP contribution in [0.4, 0.5) is 0 Å². The van der Waals surface area contributed by atoms with Crippen LogP contribution in [-0.4, -0.2) is 20.7 Å². The Labute approximate surface area is 97.0 Å².